The number of fused-ring (bicyclic) bond motifs is 1. The Bertz CT molecular complexity index is 237. The van der Waals surface area contributed by atoms with Gasteiger partial charge >= 0.3 is 0 Å². The van der Waals surface area contributed by atoms with Gasteiger partial charge in [0.25, 0.3) is 6.47 Å². The summed E-state index contributed by atoms with van der Waals surface area (Å²) < 4.78 is 4.91. The van der Waals surface area contributed by atoms with Crippen LogP contribution in [-0.4, -0.2) is 36.0 Å². The summed E-state index contributed by atoms with van der Waals surface area (Å²) in [7, 11) is 0. The van der Waals surface area contributed by atoms with Gasteiger partial charge in [-0.2, -0.15) is 27.0 Å². The molecule has 0 spiro atoms. The molecule has 0 unspecified atom stereocenters. The third kappa shape index (κ3) is 3.04. The molecule has 0 radical (unpaired) electrons. The van der Waals surface area contributed by atoms with E-state index in [0.29, 0.717) is 18.9 Å². The van der Waals surface area contributed by atoms with Crippen LogP contribution in [0.15, 0.2) is 0 Å². The zero-order valence-electron chi connectivity index (χ0n) is 8.44. The second-order valence-electron chi connectivity index (χ2n) is 3.66. The van der Waals surface area contributed by atoms with Gasteiger partial charge in [-0.1, -0.05) is 0 Å². The Morgan fingerprint density at radius 1 is 1.33 bits per heavy atom. The van der Waals surface area contributed by atoms with Crippen LogP contribution in [0.4, 0.5) is 0 Å². The van der Waals surface area contributed by atoms with Gasteiger partial charge in [0.1, 0.15) is 6.10 Å². The molecule has 15 heavy (non-hydrogen) atoms. The average molecular weight is 251 g/mol. The lowest BCUT2D eigenvalue weighted by molar-refractivity contribution is -0.138. The molecule has 2 heterocycles. The first-order valence-electron chi connectivity index (χ1n) is 4.70. The van der Waals surface area contributed by atoms with Crippen LogP contribution in [0.5, 0.6) is 0 Å². The van der Waals surface area contributed by atoms with E-state index in [1.807, 2.05) is 4.90 Å². The number of hydrogen-bond donors (Lipinski definition) is 0. The van der Waals surface area contributed by atoms with Crippen LogP contribution in [0.3, 0.4) is 0 Å². The molecular weight excluding hydrogens is 234 g/mol. The van der Waals surface area contributed by atoms with Crippen LogP contribution < -0.4 is 0 Å². The van der Waals surface area contributed by atoms with Gasteiger partial charge in [0.15, 0.2) is 0 Å². The molecule has 2 rings (SSSR count). The van der Waals surface area contributed by atoms with Crippen molar-refractivity contribution < 1.29 is 14.3 Å². The van der Waals surface area contributed by atoms with Crippen molar-refractivity contribution in [1.29, 1.82) is 0 Å². The smallest absolute Gasteiger partial charge is 0.293 e. The number of ether oxygens (including phenoxy) is 1. The molecule has 0 saturated carbocycles. The molecule has 2 saturated heterocycles. The first-order valence-corrected chi connectivity index (χ1v) is 4.70. The molecule has 2 aliphatic rings. The lowest BCUT2D eigenvalue weighted by Crippen LogP contribution is -2.42. The molecule has 88 valence electrons. The predicted octanol–water partition coefficient (Wildman–Crippen LogP) is 0.538. The van der Waals surface area contributed by atoms with Gasteiger partial charge in [-0.15, -0.1) is 0 Å². The Morgan fingerprint density at radius 2 is 2.07 bits per heavy atom. The zero-order chi connectivity index (χ0) is 9.26. The molecule has 0 bridgehead atoms. The first kappa shape index (κ1) is 14.6. The molecule has 2 atom stereocenters. The summed E-state index contributed by atoms with van der Waals surface area (Å²) >= 11 is 0. The van der Waals surface area contributed by atoms with Crippen LogP contribution in [0.2, 0.25) is 0 Å². The van der Waals surface area contributed by atoms with Gasteiger partial charge in [0.2, 0.25) is 5.91 Å². The zero-order valence-corrected chi connectivity index (χ0v) is 10.4. The van der Waals surface area contributed by atoms with Gasteiger partial charge in [-0.3, -0.25) is 9.59 Å². The Labute approximate surface area is 103 Å². The molecule has 6 heteroatoms. The normalized spacial score (nSPS) is 28.5. The number of amides is 1. The van der Waals surface area contributed by atoms with E-state index in [1.54, 1.807) is 0 Å². The number of nitrogens with zero attached hydrogens (tertiary/aromatic N) is 1. The molecule has 0 aromatic carbocycles. The minimum atomic E-state index is 0. The standard InChI is InChI=1S/C9H13NO3.2H2S/c11-6-13-8-3-4-10-7(5-8)1-2-9(10)12;;/h6-8H,1-5H2;2*1H2/t7-,8-;;/m0../s1. The van der Waals surface area contributed by atoms with Crippen LogP contribution in [0.25, 0.3) is 0 Å². The SMILES string of the molecule is O=CO[C@H]1CCN2C(=O)CC[C@H]2C1.S.S. The van der Waals surface area contributed by atoms with Crippen LogP contribution >= 0.6 is 27.0 Å². The van der Waals surface area contributed by atoms with Crippen molar-refractivity contribution in [2.75, 3.05) is 6.54 Å². The fourth-order valence-corrected chi connectivity index (χ4v) is 2.25. The highest BCUT2D eigenvalue weighted by atomic mass is 32.1. The highest BCUT2D eigenvalue weighted by molar-refractivity contribution is 7.59. The van der Waals surface area contributed by atoms with E-state index < -0.39 is 0 Å². The van der Waals surface area contributed by atoms with Crippen LogP contribution in [0, 0.1) is 0 Å². The van der Waals surface area contributed by atoms with Crippen LogP contribution in [-0.2, 0) is 14.3 Å². The largest absolute Gasteiger partial charge is 0.464 e. The van der Waals surface area contributed by atoms with E-state index in [2.05, 4.69) is 0 Å². The summed E-state index contributed by atoms with van der Waals surface area (Å²) in [6.45, 7) is 1.26. The third-order valence-corrected chi connectivity index (χ3v) is 2.93. The van der Waals surface area contributed by atoms with Crippen molar-refractivity contribution in [1.82, 2.24) is 4.90 Å². The molecule has 0 N–H and O–H groups in total. The van der Waals surface area contributed by atoms with Crippen molar-refractivity contribution in [3.8, 4) is 0 Å². The predicted molar refractivity (Wildman–Crippen MR) is 65.7 cm³/mol. The topological polar surface area (TPSA) is 46.6 Å². The minimum Gasteiger partial charge on any atom is -0.464 e. The Kier molecular flexibility index (Phi) is 6.12. The minimum absolute atomic E-state index is 0. The molecule has 0 aliphatic carbocycles. The van der Waals surface area contributed by atoms with Crippen molar-refractivity contribution in [2.24, 2.45) is 0 Å². The van der Waals surface area contributed by atoms with Crippen molar-refractivity contribution in [3.63, 3.8) is 0 Å². The summed E-state index contributed by atoms with van der Waals surface area (Å²) in [5.74, 6) is 0.259. The maximum absolute atomic E-state index is 11.3. The Morgan fingerprint density at radius 3 is 2.73 bits per heavy atom. The van der Waals surface area contributed by atoms with Gasteiger partial charge in [0, 0.05) is 31.8 Å². The van der Waals surface area contributed by atoms with Gasteiger partial charge in [-0.25, -0.2) is 0 Å². The monoisotopic (exact) mass is 251 g/mol. The number of piperidine rings is 1. The summed E-state index contributed by atoms with van der Waals surface area (Å²) in [6.07, 6.45) is 3.24. The average Bonchev–Trinajstić information content (AvgIpc) is 2.48. The van der Waals surface area contributed by atoms with E-state index in [4.69, 9.17) is 4.74 Å². The fourth-order valence-electron chi connectivity index (χ4n) is 2.25. The quantitative estimate of drug-likeness (QED) is 0.673. The lowest BCUT2D eigenvalue weighted by Gasteiger charge is -2.33. The maximum Gasteiger partial charge on any atom is 0.293 e. The molecular formula is C9H17NO3S2. The second-order valence-corrected chi connectivity index (χ2v) is 3.66. The maximum atomic E-state index is 11.3. The van der Waals surface area contributed by atoms with E-state index in [1.165, 1.54) is 0 Å². The molecule has 2 aliphatic heterocycles. The fraction of sp³-hybridized carbons (Fsp3) is 0.778. The van der Waals surface area contributed by atoms with Gasteiger partial charge in [-0.05, 0) is 6.42 Å². The third-order valence-electron chi connectivity index (χ3n) is 2.93. The van der Waals surface area contributed by atoms with E-state index in [9.17, 15) is 9.59 Å². The first-order chi connectivity index (χ1) is 6.31. The lowest BCUT2D eigenvalue weighted by atomic mass is 10.00. The van der Waals surface area contributed by atoms with Crippen molar-refractivity contribution >= 4 is 39.4 Å². The summed E-state index contributed by atoms with van der Waals surface area (Å²) in [5.41, 5.74) is 0. The molecule has 0 aromatic rings. The summed E-state index contributed by atoms with van der Waals surface area (Å²) in [4.78, 5) is 23.3. The van der Waals surface area contributed by atoms with E-state index >= 15 is 0 Å². The Balaban J connectivity index is 0.000000980. The number of carbonyl (C=O) groups excluding carboxylic acids is 2. The number of hydrogen-bond acceptors (Lipinski definition) is 3. The Hall–Kier alpha value is -0.360. The van der Waals surface area contributed by atoms with Crippen molar-refractivity contribution in [3.05, 3.63) is 0 Å². The van der Waals surface area contributed by atoms with Crippen molar-refractivity contribution in [2.45, 2.75) is 37.8 Å². The molecule has 1 amide bonds. The highest BCUT2D eigenvalue weighted by Crippen LogP contribution is 2.28. The summed E-state index contributed by atoms with van der Waals surface area (Å²) in [6, 6.07) is 0.325. The van der Waals surface area contributed by atoms with E-state index in [-0.39, 0.29) is 39.0 Å². The molecule has 4 nitrogen and oxygen atoms in total. The van der Waals surface area contributed by atoms with Gasteiger partial charge < -0.3 is 9.64 Å². The highest BCUT2D eigenvalue weighted by Gasteiger charge is 2.36. The van der Waals surface area contributed by atoms with Gasteiger partial charge in [0.05, 0.1) is 0 Å². The second kappa shape index (κ2) is 6.27. The number of carbonyl (C=O) groups is 2. The molecule has 2 fully saturated rings. The summed E-state index contributed by atoms with van der Waals surface area (Å²) in [5, 5.41) is 0. The molecule has 0 aromatic heterocycles. The van der Waals surface area contributed by atoms with E-state index in [0.717, 1.165) is 25.8 Å². The number of rotatable bonds is 2. The van der Waals surface area contributed by atoms with Crippen LogP contribution in [0.1, 0.15) is 25.7 Å².